The van der Waals surface area contributed by atoms with Crippen LogP contribution in [0.4, 0.5) is 5.69 Å². The van der Waals surface area contributed by atoms with Gasteiger partial charge in [-0.05, 0) is 37.5 Å². The number of non-ortho nitro benzene ring substituents is 1. The number of hydrogen-bond acceptors (Lipinski definition) is 8. The van der Waals surface area contributed by atoms with E-state index >= 15 is 0 Å². The third kappa shape index (κ3) is 3.46. The molecule has 3 atom stereocenters. The van der Waals surface area contributed by atoms with Gasteiger partial charge in [-0.3, -0.25) is 24.7 Å². The van der Waals surface area contributed by atoms with Crippen LogP contribution in [0.15, 0.2) is 77.9 Å². The molecule has 2 heterocycles. The fourth-order valence-corrected chi connectivity index (χ4v) is 6.32. The van der Waals surface area contributed by atoms with Crippen LogP contribution in [0.1, 0.15) is 70.1 Å². The smallest absolute Gasteiger partial charge is 0.331 e. The second-order valence-electron chi connectivity index (χ2n) is 11.0. The molecule has 3 aromatic carbocycles. The number of fused-ring (bicyclic) bond motifs is 5. The lowest BCUT2D eigenvalue weighted by molar-refractivity contribution is -0.384. The molecule has 0 unspecified atom stereocenters. The first-order chi connectivity index (χ1) is 18.6. The second-order valence-corrected chi connectivity index (χ2v) is 11.0. The number of Topliss-reactive ketones (excluding diaryl/α,β-unsaturated/α-hetero) is 2. The monoisotopic (exact) mass is 523 g/mol. The summed E-state index contributed by atoms with van der Waals surface area (Å²) in [7, 11) is 0. The summed E-state index contributed by atoms with van der Waals surface area (Å²) in [4.78, 5) is 54.3. The summed E-state index contributed by atoms with van der Waals surface area (Å²) in [6.07, 6.45) is 1.60. The molecule has 6 rings (SSSR count). The number of esters is 1. The van der Waals surface area contributed by atoms with Gasteiger partial charge in [-0.2, -0.15) is 5.10 Å². The molecule has 1 saturated heterocycles. The van der Waals surface area contributed by atoms with E-state index in [-0.39, 0.29) is 16.8 Å². The van der Waals surface area contributed by atoms with Crippen LogP contribution in [0.25, 0.3) is 0 Å². The maximum absolute atomic E-state index is 14.6. The van der Waals surface area contributed by atoms with Crippen LogP contribution in [0, 0.1) is 15.5 Å². The summed E-state index contributed by atoms with van der Waals surface area (Å²) in [5, 5.41) is 17.9. The lowest BCUT2D eigenvalue weighted by atomic mass is 9.63. The average molecular weight is 524 g/mol. The molecule has 0 aromatic heterocycles. The molecule has 3 aromatic rings. The number of benzene rings is 3. The molecule has 0 saturated carbocycles. The Morgan fingerprint density at radius 1 is 0.974 bits per heavy atom. The average Bonchev–Trinajstić information content (AvgIpc) is 3.34. The minimum Gasteiger partial charge on any atom is -0.458 e. The Morgan fingerprint density at radius 3 is 2.26 bits per heavy atom. The number of carbonyl (C=O) groups is 3. The van der Waals surface area contributed by atoms with Gasteiger partial charge in [0, 0.05) is 29.2 Å². The number of hydrazone groups is 1. The number of nitro benzene ring substituents is 1. The Morgan fingerprint density at radius 2 is 1.62 bits per heavy atom. The van der Waals surface area contributed by atoms with Crippen LogP contribution in [-0.2, 0) is 9.53 Å². The molecule has 1 aliphatic carbocycles. The highest BCUT2D eigenvalue weighted by Crippen LogP contribution is 2.64. The van der Waals surface area contributed by atoms with Crippen LogP contribution in [-0.4, -0.2) is 45.3 Å². The molecule has 3 aliphatic rings. The van der Waals surface area contributed by atoms with Crippen molar-refractivity contribution in [3.63, 3.8) is 0 Å². The fraction of sp³-hybridized carbons (Fsp3) is 0.267. The van der Waals surface area contributed by atoms with Crippen molar-refractivity contribution in [2.75, 3.05) is 0 Å². The van der Waals surface area contributed by atoms with E-state index in [0.29, 0.717) is 11.1 Å². The number of nitrogens with zero attached hydrogens (tertiary/aromatic N) is 3. The summed E-state index contributed by atoms with van der Waals surface area (Å²) >= 11 is 0. The quantitative estimate of drug-likeness (QED) is 0.208. The van der Waals surface area contributed by atoms with E-state index in [0.717, 1.165) is 5.56 Å². The number of ketones is 2. The zero-order chi connectivity index (χ0) is 27.7. The third-order valence-corrected chi connectivity index (χ3v) is 7.66. The minimum absolute atomic E-state index is 0.213. The maximum Gasteiger partial charge on any atom is 0.331 e. The maximum atomic E-state index is 14.6. The van der Waals surface area contributed by atoms with Gasteiger partial charge in [-0.25, -0.2) is 4.79 Å². The lowest BCUT2D eigenvalue weighted by Gasteiger charge is -2.36. The molecule has 39 heavy (non-hydrogen) atoms. The van der Waals surface area contributed by atoms with E-state index < -0.39 is 51.5 Å². The van der Waals surface area contributed by atoms with Gasteiger partial charge in [0.05, 0.1) is 17.2 Å². The highest BCUT2D eigenvalue weighted by atomic mass is 16.6. The topological polar surface area (TPSA) is 119 Å². The molecular formula is C30H25N3O6. The first kappa shape index (κ1) is 24.7. The van der Waals surface area contributed by atoms with Crippen molar-refractivity contribution >= 4 is 29.4 Å². The molecule has 0 amide bonds. The van der Waals surface area contributed by atoms with E-state index in [1.165, 1.54) is 23.2 Å². The highest BCUT2D eigenvalue weighted by Gasteiger charge is 2.73. The standard InChI is InChI=1S/C30H25N3O6/c1-29(2,3)39-28(36)24-23(17-10-8-11-19(15-17)33(37)38)30(26(34)21-13-6-7-14-22(21)27(30)35)25-20-12-5-4-9-18(20)16-31-32(24)25/h4-16,23-25H,1-3H3/t23-,24-,25-/m0/s1. The summed E-state index contributed by atoms with van der Waals surface area (Å²) in [5.41, 5.74) is -0.676. The molecule has 0 bridgehead atoms. The zero-order valence-corrected chi connectivity index (χ0v) is 21.5. The summed E-state index contributed by atoms with van der Waals surface area (Å²) in [6.45, 7) is 5.18. The predicted molar refractivity (Wildman–Crippen MR) is 142 cm³/mol. The van der Waals surface area contributed by atoms with Crippen LogP contribution in [0.5, 0.6) is 0 Å². The Labute approximate surface area is 224 Å². The molecule has 196 valence electrons. The van der Waals surface area contributed by atoms with Crippen molar-refractivity contribution < 1.29 is 24.0 Å². The summed E-state index contributed by atoms with van der Waals surface area (Å²) in [5.74, 6) is -2.66. The Hall–Kier alpha value is -4.66. The van der Waals surface area contributed by atoms with Gasteiger partial charge < -0.3 is 4.74 Å². The lowest BCUT2D eigenvalue weighted by Crippen LogP contribution is -2.44. The number of nitro groups is 1. The van der Waals surface area contributed by atoms with Gasteiger partial charge in [0.1, 0.15) is 11.0 Å². The van der Waals surface area contributed by atoms with Gasteiger partial charge in [0.2, 0.25) is 0 Å². The fourth-order valence-electron chi connectivity index (χ4n) is 6.32. The largest absolute Gasteiger partial charge is 0.458 e. The SMILES string of the molecule is CC(C)(C)OC(=O)[C@@H]1[C@H](c2cccc([N+](=O)[O-])c2)C2(C(=O)c3ccccc3C2=O)[C@@H]2c3ccccc3C=NN12. The van der Waals surface area contributed by atoms with Crippen LogP contribution >= 0.6 is 0 Å². The Balaban J connectivity index is 1.69. The predicted octanol–water partition coefficient (Wildman–Crippen LogP) is 4.86. The van der Waals surface area contributed by atoms with Crippen LogP contribution < -0.4 is 0 Å². The molecule has 1 fully saturated rings. The summed E-state index contributed by atoms with van der Waals surface area (Å²) in [6, 6.07) is 17.5. The van der Waals surface area contributed by atoms with Crippen LogP contribution in [0.3, 0.4) is 0 Å². The van der Waals surface area contributed by atoms with E-state index in [1.54, 1.807) is 57.3 Å². The van der Waals surface area contributed by atoms with Gasteiger partial charge in [-0.15, -0.1) is 0 Å². The third-order valence-electron chi connectivity index (χ3n) is 7.66. The number of carbonyl (C=O) groups excluding carboxylic acids is 3. The van der Waals surface area contributed by atoms with Crippen molar-refractivity contribution in [3.8, 4) is 0 Å². The van der Waals surface area contributed by atoms with E-state index in [4.69, 9.17) is 4.74 Å². The van der Waals surface area contributed by atoms with E-state index in [1.807, 2.05) is 24.3 Å². The van der Waals surface area contributed by atoms with Crippen molar-refractivity contribution in [2.24, 2.45) is 10.5 Å². The highest BCUT2D eigenvalue weighted by molar-refractivity contribution is 6.31. The van der Waals surface area contributed by atoms with Gasteiger partial charge in [0.25, 0.3) is 5.69 Å². The number of hydrogen-bond donors (Lipinski definition) is 0. The normalized spacial score (nSPS) is 22.4. The molecule has 0 N–H and O–H groups in total. The molecule has 9 nitrogen and oxygen atoms in total. The van der Waals surface area contributed by atoms with E-state index in [9.17, 15) is 24.5 Å². The van der Waals surface area contributed by atoms with Crippen molar-refractivity contribution in [3.05, 3.63) is 111 Å². The number of rotatable bonds is 3. The second kappa shape index (κ2) is 8.42. The van der Waals surface area contributed by atoms with Crippen molar-refractivity contribution in [1.82, 2.24) is 5.01 Å². The van der Waals surface area contributed by atoms with Gasteiger partial charge >= 0.3 is 5.97 Å². The summed E-state index contributed by atoms with van der Waals surface area (Å²) < 4.78 is 5.83. The molecule has 9 heteroatoms. The molecular weight excluding hydrogens is 498 g/mol. The Bertz CT molecular complexity index is 1570. The minimum atomic E-state index is -1.81. The Kier molecular flexibility index (Phi) is 5.33. The van der Waals surface area contributed by atoms with E-state index in [2.05, 4.69) is 5.10 Å². The van der Waals surface area contributed by atoms with Gasteiger partial charge in [0.15, 0.2) is 17.6 Å². The molecule has 0 radical (unpaired) electrons. The van der Waals surface area contributed by atoms with Crippen molar-refractivity contribution in [2.45, 2.75) is 44.4 Å². The van der Waals surface area contributed by atoms with Crippen LogP contribution in [0.2, 0.25) is 0 Å². The molecule has 1 spiro atoms. The first-order valence-corrected chi connectivity index (χ1v) is 12.6. The zero-order valence-electron chi connectivity index (χ0n) is 21.5. The first-order valence-electron chi connectivity index (χ1n) is 12.6. The van der Waals surface area contributed by atoms with Crippen molar-refractivity contribution in [1.29, 1.82) is 0 Å². The van der Waals surface area contributed by atoms with Gasteiger partial charge in [-0.1, -0.05) is 60.7 Å². The number of ether oxygens (including phenoxy) is 1. The molecule has 2 aliphatic heterocycles.